The quantitative estimate of drug-likeness (QED) is 0.271. The molecule has 5 rings (SSSR count). The lowest BCUT2D eigenvalue weighted by Crippen LogP contribution is -2.55. The largest absolute Gasteiger partial charge is 0.487 e. The maximum Gasteiger partial charge on any atom is 0.326 e. The summed E-state index contributed by atoms with van der Waals surface area (Å²) in [5, 5.41) is 16.4. The van der Waals surface area contributed by atoms with E-state index < -0.39 is 41.9 Å². The number of piperazine rings is 1. The number of nitrogens with one attached hydrogen (secondary N) is 1. The van der Waals surface area contributed by atoms with Crippen molar-refractivity contribution in [1.82, 2.24) is 15.1 Å². The third-order valence-electron chi connectivity index (χ3n) is 6.95. The number of aliphatic imine (C=N–C) groups is 1. The number of ether oxygens (including phenoxy) is 1. The minimum absolute atomic E-state index is 0.0987. The molecule has 2 N–H and O–H groups in total. The van der Waals surface area contributed by atoms with Gasteiger partial charge in [0.2, 0.25) is 5.91 Å². The number of Topliss-reactive ketones (excluding diaryl/α,β-unsaturated/α-hetero) is 1. The topological polar surface area (TPSA) is 129 Å². The highest BCUT2D eigenvalue weighted by Crippen LogP contribution is 2.46. The number of hydrogen-bond acceptors (Lipinski definition) is 7. The van der Waals surface area contributed by atoms with Crippen LogP contribution < -0.4 is 10.1 Å². The van der Waals surface area contributed by atoms with Gasteiger partial charge in [0.05, 0.1) is 11.6 Å². The van der Waals surface area contributed by atoms with E-state index in [0.717, 1.165) is 11.1 Å². The first-order valence-electron chi connectivity index (χ1n) is 13.7. The van der Waals surface area contributed by atoms with E-state index in [0.29, 0.717) is 29.5 Å². The van der Waals surface area contributed by atoms with Gasteiger partial charge in [0.25, 0.3) is 0 Å². The zero-order chi connectivity index (χ0) is 30.9. The number of nitrogens with zero attached hydrogens (tertiary/aromatic N) is 3. The SMILES string of the molecule is CC(C)(C)Oc1cc(C(=O)CC(=O)O)ccc1C1=N[C@@H](c2ccc(Cl)cc2)[C@@H](c2ccsc2)N1C(=O)N1CCNC(=O)C1. The minimum atomic E-state index is -1.24. The smallest absolute Gasteiger partial charge is 0.326 e. The monoisotopic (exact) mass is 622 g/mol. The molecule has 3 aromatic rings. The third-order valence-corrected chi connectivity index (χ3v) is 7.90. The average molecular weight is 623 g/mol. The summed E-state index contributed by atoms with van der Waals surface area (Å²) in [4.78, 5) is 58.8. The highest BCUT2D eigenvalue weighted by Gasteiger charge is 2.45. The molecular formula is C31H31ClN4O6S. The van der Waals surface area contributed by atoms with Crippen molar-refractivity contribution in [3.63, 3.8) is 0 Å². The van der Waals surface area contributed by atoms with Crippen LogP contribution in [0.2, 0.25) is 5.02 Å². The first-order valence-corrected chi connectivity index (χ1v) is 15.0. The molecule has 43 heavy (non-hydrogen) atoms. The average Bonchev–Trinajstić information content (AvgIpc) is 3.60. The van der Waals surface area contributed by atoms with Gasteiger partial charge in [-0.15, -0.1) is 0 Å². The van der Waals surface area contributed by atoms with E-state index in [-0.39, 0.29) is 23.8 Å². The number of rotatable bonds is 7. The van der Waals surface area contributed by atoms with Crippen LogP contribution in [0.4, 0.5) is 4.79 Å². The van der Waals surface area contributed by atoms with E-state index in [9.17, 15) is 24.3 Å². The summed E-state index contributed by atoms with van der Waals surface area (Å²) in [6.45, 7) is 6.09. The van der Waals surface area contributed by atoms with Gasteiger partial charge in [-0.2, -0.15) is 11.3 Å². The summed E-state index contributed by atoms with van der Waals surface area (Å²) in [6, 6.07) is 12.4. The summed E-state index contributed by atoms with van der Waals surface area (Å²) >= 11 is 7.70. The van der Waals surface area contributed by atoms with Crippen molar-refractivity contribution in [3.8, 4) is 5.75 Å². The van der Waals surface area contributed by atoms with Crippen molar-refractivity contribution in [2.45, 2.75) is 44.9 Å². The van der Waals surface area contributed by atoms with Gasteiger partial charge >= 0.3 is 12.0 Å². The molecule has 2 aromatic carbocycles. The molecule has 3 heterocycles. The summed E-state index contributed by atoms with van der Waals surface area (Å²) in [7, 11) is 0. The summed E-state index contributed by atoms with van der Waals surface area (Å²) < 4.78 is 6.30. The molecule has 12 heteroatoms. The van der Waals surface area contributed by atoms with Crippen molar-refractivity contribution in [1.29, 1.82) is 0 Å². The molecular weight excluding hydrogens is 592 g/mol. The Morgan fingerprint density at radius 2 is 1.86 bits per heavy atom. The number of urea groups is 1. The van der Waals surface area contributed by atoms with Gasteiger partial charge in [0, 0.05) is 23.7 Å². The standard InChI is InChI=1S/C31H31ClN4O6S/c1-31(2,3)42-24-14-19(23(37)15-26(39)40)6-9-22(24)29-34-27(18-4-7-21(32)8-5-18)28(20-10-13-43-17-20)36(29)30(41)35-12-11-33-25(38)16-35/h4-10,13-14,17,27-28H,11-12,15-16H2,1-3H3,(H,33,38)(H,39,40)/t27-,28+/m0/s1. The minimum Gasteiger partial charge on any atom is -0.487 e. The Kier molecular flexibility index (Phi) is 8.57. The molecule has 2 atom stereocenters. The van der Waals surface area contributed by atoms with E-state index in [1.165, 1.54) is 28.4 Å². The van der Waals surface area contributed by atoms with Gasteiger partial charge in [0.1, 0.15) is 36.2 Å². The first-order chi connectivity index (χ1) is 20.4. The number of thiophene rings is 1. The van der Waals surface area contributed by atoms with Gasteiger partial charge < -0.3 is 20.1 Å². The van der Waals surface area contributed by atoms with E-state index in [1.54, 1.807) is 23.1 Å². The van der Waals surface area contributed by atoms with E-state index in [1.807, 2.05) is 49.7 Å². The van der Waals surface area contributed by atoms with Crippen molar-refractivity contribution < 1.29 is 29.0 Å². The van der Waals surface area contributed by atoms with Crippen molar-refractivity contribution >= 4 is 52.5 Å². The van der Waals surface area contributed by atoms with Gasteiger partial charge in [-0.25, -0.2) is 4.79 Å². The van der Waals surface area contributed by atoms with Gasteiger partial charge in [0.15, 0.2) is 5.78 Å². The van der Waals surface area contributed by atoms with Crippen LogP contribution >= 0.6 is 22.9 Å². The van der Waals surface area contributed by atoms with E-state index in [4.69, 9.17) is 21.3 Å². The lowest BCUT2D eigenvalue weighted by atomic mass is 9.95. The van der Waals surface area contributed by atoms with Crippen molar-refractivity contribution in [2.24, 2.45) is 4.99 Å². The number of amidine groups is 1. The van der Waals surface area contributed by atoms with Crippen molar-refractivity contribution in [3.05, 3.63) is 86.6 Å². The fourth-order valence-corrected chi connectivity index (χ4v) is 5.94. The molecule has 0 aliphatic carbocycles. The Morgan fingerprint density at radius 3 is 2.49 bits per heavy atom. The molecule has 1 fully saturated rings. The molecule has 1 aromatic heterocycles. The van der Waals surface area contributed by atoms with Crippen LogP contribution in [0.3, 0.4) is 0 Å². The molecule has 3 amide bonds. The van der Waals surface area contributed by atoms with Crippen LogP contribution in [0.15, 0.2) is 64.3 Å². The molecule has 0 saturated carbocycles. The molecule has 2 aliphatic rings. The molecule has 2 aliphatic heterocycles. The summed E-state index contributed by atoms with van der Waals surface area (Å²) in [5.74, 6) is -1.48. The number of aliphatic carboxylic acids is 1. The van der Waals surface area contributed by atoms with Gasteiger partial charge in [-0.05, 0) is 73.0 Å². The van der Waals surface area contributed by atoms with Crippen LogP contribution in [0.25, 0.3) is 0 Å². The third kappa shape index (κ3) is 6.73. The molecule has 0 unspecified atom stereocenters. The fraction of sp³-hybridized carbons (Fsp3) is 0.323. The number of benzene rings is 2. The Balaban J connectivity index is 1.69. The van der Waals surface area contributed by atoms with Crippen LogP contribution in [0.5, 0.6) is 5.75 Å². The molecule has 0 radical (unpaired) electrons. The normalized spacial score (nSPS) is 18.7. The number of hydrogen-bond donors (Lipinski definition) is 2. The zero-order valence-electron chi connectivity index (χ0n) is 23.9. The maximum absolute atomic E-state index is 14.4. The number of carbonyl (C=O) groups excluding carboxylic acids is 3. The molecule has 224 valence electrons. The lowest BCUT2D eigenvalue weighted by Gasteiger charge is -2.35. The molecule has 10 nitrogen and oxygen atoms in total. The number of carbonyl (C=O) groups is 4. The number of carboxylic acid groups (broad SMARTS) is 1. The second-order valence-corrected chi connectivity index (χ2v) is 12.5. The lowest BCUT2D eigenvalue weighted by molar-refractivity contribution is -0.136. The number of ketones is 1. The van der Waals surface area contributed by atoms with Crippen LogP contribution in [0.1, 0.15) is 66.3 Å². The molecule has 0 spiro atoms. The van der Waals surface area contributed by atoms with Crippen molar-refractivity contribution in [2.75, 3.05) is 19.6 Å². The maximum atomic E-state index is 14.4. The highest BCUT2D eigenvalue weighted by molar-refractivity contribution is 7.08. The van der Waals surface area contributed by atoms with Crippen LogP contribution in [0, 0.1) is 0 Å². The number of halogens is 1. The second kappa shape index (κ2) is 12.2. The molecule has 0 bridgehead atoms. The Bertz CT molecular complexity index is 1580. The van der Waals surface area contributed by atoms with Gasteiger partial charge in [-0.3, -0.25) is 24.3 Å². The molecule has 1 saturated heterocycles. The number of carboxylic acids is 1. The predicted octanol–water partition coefficient (Wildman–Crippen LogP) is 5.33. The predicted molar refractivity (Wildman–Crippen MR) is 163 cm³/mol. The van der Waals surface area contributed by atoms with Gasteiger partial charge in [-0.1, -0.05) is 29.8 Å². The van der Waals surface area contributed by atoms with E-state index >= 15 is 0 Å². The Morgan fingerprint density at radius 1 is 1.12 bits per heavy atom. The number of amides is 3. The second-order valence-electron chi connectivity index (χ2n) is 11.3. The summed E-state index contributed by atoms with van der Waals surface area (Å²) in [5.41, 5.74) is 1.61. The van der Waals surface area contributed by atoms with Crippen LogP contribution in [-0.2, 0) is 9.59 Å². The Labute approximate surface area is 257 Å². The first kappa shape index (κ1) is 30.2. The zero-order valence-corrected chi connectivity index (χ0v) is 25.4. The van der Waals surface area contributed by atoms with Crippen LogP contribution in [-0.4, -0.2) is 69.7 Å². The van der Waals surface area contributed by atoms with E-state index in [2.05, 4.69) is 5.32 Å². The summed E-state index contributed by atoms with van der Waals surface area (Å²) in [6.07, 6.45) is -0.671. The fourth-order valence-electron chi connectivity index (χ4n) is 5.13. The highest BCUT2D eigenvalue weighted by atomic mass is 35.5. The Hall–Kier alpha value is -4.22.